The summed E-state index contributed by atoms with van der Waals surface area (Å²) in [7, 11) is 0. The smallest absolute Gasteiger partial charge is 0.250 e. The number of nitrogens with zero attached hydrogens (tertiary/aromatic N) is 4. The molecule has 8 nitrogen and oxygen atoms in total. The second-order valence-electron chi connectivity index (χ2n) is 9.58. The predicted octanol–water partition coefficient (Wildman–Crippen LogP) is 4.69. The Balaban J connectivity index is 1.50. The summed E-state index contributed by atoms with van der Waals surface area (Å²) in [6.07, 6.45) is 5.10. The zero-order valence-electron chi connectivity index (χ0n) is 20.8. The van der Waals surface area contributed by atoms with Crippen molar-refractivity contribution in [3.63, 3.8) is 0 Å². The molecule has 2 aromatic heterocycles. The first-order valence-corrected chi connectivity index (χ1v) is 12.7. The number of fused-ring (bicyclic) bond motifs is 1. The van der Waals surface area contributed by atoms with Gasteiger partial charge >= 0.3 is 0 Å². The first-order valence-electron chi connectivity index (χ1n) is 12.7. The van der Waals surface area contributed by atoms with E-state index >= 15 is 0 Å². The van der Waals surface area contributed by atoms with Crippen LogP contribution in [0.5, 0.6) is 0 Å². The molecular weight excluding hydrogens is 473 g/mol. The van der Waals surface area contributed by atoms with Gasteiger partial charge in [-0.2, -0.15) is 0 Å². The Morgan fingerprint density at radius 1 is 1.08 bits per heavy atom. The highest BCUT2D eigenvalue weighted by Gasteiger charge is 2.35. The molecule has 0 aliphatic heterocycles. The van der Waals surface area contributed by atoms with Crippen LogP contribution in [0.2, 0.25) is 0 Å². The van der Waals surface area contributed by atoms with Gasteiger partial charge in [0.05, 0.1) is 5.52 Å². The van der Waals surface area contributed by atoms with Crippen LogP contribution in [0.25, 0.3) is 11.0 Å². The third-order valence-corrected chi connectivity index (χ3v) is 6.83. The van der Waals surface area contributed by atoms with Crippen LogP contribution < -0.4 is 5.32 Å². The van der Waals surface area contributed by atoms with Crippen LogP contribution in [-0.4, -0.2) is 37.7 Å². The maximum absolute atomic E-state index is 13.9. The van der Waals surface area contributed by atoms with Gasteiger partial charge in [-0.15, -0.1) is 5.10 Å². The van der Waals surface area contributed by atoms with Gasteiger partial charge in [0.1, 0.15) is 29.4 Å². The number of carbonyl (C=O) groups is 2. The first-order chi connectivity index (χ1) is 18.0. The van der Waals surface area contributed by atoms with Crippen molar-refractivity contribution in [1.29, 1.82) is 0 Å². The Labute approximate surface area is 214 Å². The van der Waals surface area contributed by atoms with Crippen molar-refractivity contribution < 1.29 is 18.4 Å². The van der Waals surface area contributed by atoms with E-state index < -0.39 is 6.04 Å². The van der Waals surface area contributed by atoms with Gasteiger partial charge in [0.25, 0.3) is 5.91 Å². The molecular formula is C28H30FN5O3. The number of aromatic nitrogens is 3. The lowest BCUT2D eigenvalue weighted by Crippen LogP contribution is -2.47. The van der Waals surface area contributed by atoms with E-state index in [-0.39, 0.29) is 36.8 Å². The molecule has 2 amide bonds. The molecule has 1 fully saturated rings. The highest BCUT2D eigenvalue weighted by Crippen LogP contribution is 2.28. The number of benzene rings is 2. The Hall–Kier alpha value is -4.01. The minimum atomic E-state index is -0.997. The fraction of sp³-hybridized carbons (Fsp3) is 0.357. The normalized spacial score (nSPS) is 15.0. The fourth-order valence-corrected chi connectivity index (χ4v) is 4.91. The van der Waals surface area contributed by atoms with Gasteiger partial charge in [-0.25, -0.2) is 9.07 Å². The summed E-state index contributed by atoms with van der Waals surface area (Å²) in [5, 5.41) is 11.5. The van der Waals surface area contributed by atoms with Crippen LogP contribution in [-0.2, 0) is 22.7 Å². The summed E-state index contributed by atoms with van der Waals surface area (Å²) in [6, 6.07) is 15.9. The number of rotatable bonds is 8. The molecule has 5 rings (SSSR count). The van der Waals surface area contributed by atoms with Crippen LogP contribution in [0.3, 0.4) is 0 Å². The Kier molecular flexibility index (Phi) is 7.30. The molecule has 2 aromatic carbocycles. The van der Waals surface area contributed by atoms with Crippen molar-refractivity contribution >= 4 is 22.8 Å². The average molecular weight is 504 g/mol. The van der Waals surface area contributed by atoms with Gasteiger partial charge in [0.2, 0.25) is 5.91 Å². The second-order valence-corrected chi connectivity index (χ2v) is 9.58. The van der Waals surface area contributed by atoms with E-state index in [1.807, 2.05) is 24.3 Å². The third kappa shape index (κ3) is 5.71. The standard InChI is InChI=1S/C28H30FN5O3/c1-19-11-16-25(37-19)27(28(36)30-22-7-3-2-4-8-22)33(17-20-12-14-21(29)15-13-20)26(35)18-34-24-10-6-5-9-23(24)31-32-34/h5-6,9-16,22,27H,2-4,7-8,17-18H2,1H3,(H,30,36)/t27-/m1/s1. The molecule has 1 N–H and O–H groups in total. The number of hydrogen-bond acceptors (Lipinski definition) is 5. The summed E-state index contributed by atoms with van der Waals surface area (Å²) >= 11 is 0. The van der Waals surface area contributed by atoms with Crippen molar-refractivity contribution in [2.75, 3.05) is 0 Å². The maximum atomic E-state index is 13.9. The monoisotopic (exact) mass is 503 g/mol. The van der Waals surface area contributed by atoms with E-state index in [9.17, 15) is 14.0 Å². The molecule has 9 heteroatoms. The molecule has 0 radical (unpaired) electrons. The topological polar surface area (TPSA) is 93.3 Å². The van der Waals surface area contributed by atoms with Crippen molar-refractivity contribution in [3.05, 3.63) is 83.6 Å². The van der Waals surface area contributed by atoms with Gasteiger partial charge in [-0.05, 0) is 61.7 Å². The summed E-state index contributed by atoms with van der Waals surface area (Å²) in [4.78, 5) is 29.1. The minimum Gasteiger partial charge on any atom is -0.464 e. The summed E-state index contributed by atoms with van der Waals surface area (Å²) in [6.45, 7) is 1.77. The molecule has 1 aliphatic carbocycles. The van der Waals surface area contributed by atoms with E-state index in [4.69, 9.17) is 4.42 Å². The van der Waals surface area contributed by atoms with Crippen molar-refractivity contribution in [2.45, 2.75) is 64.2 Å². The highest BCUT2D eigenvalue weighted by atomic mass is 19.1. The van der Waals surface area contributed by atoms with Gasteiger partial charge in [0.15, 0.2) is 6.04 Å². The number of furan rings is 1. The van der Waals surface area contributed by atoms with E-state index in [0.29, 0.717) is 22.6 Å². The summed E-state index contributed by atoms with van der Waals surface area (Å²) in [5.74, 6) is 0.0218. The zero-order valence-corrected chi connectivity index (χ0v) is 20.8. The quantitative estimate of drug-likeness (QED) is 0.377. The predicted molar refractivity (Wildman–Crippen MR) is 136 cm³/mol. The number of amides is 2. The lowest BCUT2D eigenvalue weighted by Gasteiger charge is -2.32. The second kappa shape index (κ2) is 10.9. The molecule has 1 saturated carbocycles. The van der Waals surface area contributed by atoms with E-state index in [1.54, 1.807) is 31.2 Å². The largest absolute Gasteiger partial charge is 0.464 e. The van der Waals surface area contributed by atoms with E-state index in [2.05, 4.69) is 15.6 Å². The summed E-state index contributed by atoms with van der Waals surface area (Å²) < 4.78 is 21.0. The van der Waals surface area contributed by atoms with Crippen molar-refractivity contribution in [3.8, 4) is 0 Å². The minimum absolute atomic E-state index is 0.0573. The zero-order chi connectivity index (χ0) is 25.8. The number of halogens is 1. The Morgan fingerprint density at radius 3 is 2.57 bits per heavy atom. The number of aryl methyl sites for hydroxylation is 1. The Morgan fingerprint density at radius 2 is 1.84 bits per heavy atom. The molecule has 0 saturated heterocycles. The van der Waals surface area contributed by atoms with Crippen molar-refractivity contribution in [1.82, 2.24) is 25.2 Å². The average Bonchev–Trinajstić information content (AvgIpc) is 3.51. The molecule has 192 valence electrons. The van der Waals surface area contributed by atoms with E-state index in [1.165, 1.54) is 21.7 Å². The van der Waals surface area contributed by atoms with Crippen LogP contribution in [0.1, 0.15) is 55.2 Å². The number of carbonyl (C=O) groups excluding carboxylic acids is 2. The van der Waals surface area contributed by atoms with Gasteiger partial charge < -0.3 is 14.6 Å². The molecule has 0 unspecified atom stereocenters. The molecule has 1 aliphatic rings. The van der Waals surface area contributed by atoms with Crippen LogP contribution >= 0.6 is 0 Å². The molecule has 1 atom stereocenters. The lowest BCUT2D eigenvalue weighted by molar-refractivity contribution is -0.143. The van der Waals surface area contributed by atoms with E-state index in [0.717, 1.165) is 37.6 Å². The molecule has 2 heterocycles. The van der Waals surface area contributed by atoms with Gasteiger partial charge in [-0.1, -0.05) is 48.7 Å². The number of para-hydroxylation sites is 1. The third-order valence-electron chi connectivity index (χ3n) is 6.83. The molecule has 0 bridgehead atoms. The fourth-order valence-electron chi connectivity index (χ4n) is 4.91. The van der Waals surface area contributed by atoms with Crippen molar-refractivity contribution in [2.24, 2.45) is 0 Å². The SMILES string of the molecule is Cc1ccc([C@H](C(=O)NC2CCCCC2)N(Cc2ccc(F)cc2)C(=O)Cn2nnc3ccccc32)o1. The summed E-state index contributed by atoms with van der Waals surface area (Å²) in [5.41, 5.74) is 2.08. The molecule has 37 heavy (non-hydrogen) atoms. The molecule has 0 spiro atoms. The van der Waals surface area contributed by atoms with Crippen LogP contribution in [0.15, 0.2) is 65.1 Å². The maximum Gasteiger partial charge on any atom is 0.250 e. The van der Waals surface area contributed by atoms with Gasteiger partial charge in [0, 0.05) is 12.6 Å². The highest BCUT2D eigenvalue weighted by molar-refractivity contribution is 5.89. The first kappa shape index (κ1) is 24.7. The lowest BCUT2D eigenvalue weighted by atomic mass is 9.95. The van der Waals surface area contributed by atoms with Crippen LogP contribution in [0, 0.1) is 12.7 Å². The molecule has 4 aromatic rings. The van der Waals surface area contributed by atoms with Gasteiger partial charge in [-0.3, -0.25) is 9.59 Å². The number of hydrogen-bond donors (Lipinski definition) is 1. The Bertz CT molecular complexity index is 1370. The number of nitrogens with one attached hydrogen (secondary N) is 1. The van der Waals surface area contributed by atoms with Crippen LogP contribution in [0.4, 0.5) is 4.39 Å².